The molecule has 0 saturated heterocycles. The fourth-order valence-electron chi connectivity index (χ4n) is 2.95. The molecule has 2 rings (SSSR count). The number of carbonyl (C=O) groups is 3. The van der Waals surface area contributed by atoms with Gasteiger partial charge in [-0.3, -0.25) is 10.1 Å². The SMILES string of the molecule is NC(=O)NC(=O)N/N=C/c1ccc(/C=C/C(=O)NC(c2cccc(C(F)(F)F)c2)C(F)(F)F)cc1C(F)(F)F. The first-order valence-corrected chi connectivity index (χ1v) is 10.2. The van der Waals surface area contributed by atoms with E-state index in [1.165, 1.54) is 10.6 Å². The molecule has 8 nitrogen and oxygen atoms in total. The first-order valence-electron chi connectivity index (χ1n) is 10.2. The number of alkyl halides is 9. The lowest BCUT2D eigenvalue weighted by atomic mass is 10.0. The maximum atomic E-state index is 13.5. The largest absolute Gasteiger partial charge is 0.417 e. The van der Waals surface area contributed by atoms with Crippen LogP contribution in [0.15, 0.2) is 53.6 Å². The third kappa shape index (κ3) is 9.35. The number of halogens is 9. The van der Waals surface area contributed by atoms with Crippen molar-refractivity contribution in [3.05, 3.63) is 76.4 Å². The van der Waals surface area contributed by atoms with E-state index < -0.39 is 64.8 Å². The monoisotopic (exact) mass is 569 g/mol. The van der Waals surface area contributed by atoms with E-state index in [1.54, 1.807) is 5.43 Å². The number of benzene rings is 2. The number of carbonyl (C=O) groups excluding carboxylic acids is 3. The number of hydrazone groups is 1. The Labute approximate surface area is 212 Å². The fraction of sp³-hybridized carbons (Fsp3) is 0.182. The summed E-state index contributed by atoms with van der Waals surface area (Å²) in [6.07, 6.45) is -13.4. The number of nitrogens with two attached hydrogens (primary N) is 1. The maximum Gasteiger partial charge on any atom is 0.417 e. The molecule has 2 aromatic carbocycles. The molecule has 39 heavy (non-hydrogen) atoms. The summed E-state index contributed by atoms with van der Waals surface area (Å²) in [5.41, 5.74) is 1.87. The number of hydrogen-bond donors (Lipinski definition) is 4. The van der Waals surface area contributed by atoms with Crippen molar-refractivity contribution in [2.45, 2.75) is 24.6 Å². The first kappa shape index (κ1) is 30.7. The van der Waals surface area contributed by atoms with Gasteiger partial charge in [0.2, 0.25) is 5.91 Å². The molecule has 0 aromatic heterocycles. The lowest BCUT2D eigenvalue weighted by molar-refractivity contribution is -0.162. The highest BCUT2D eigenvalue weighted by Crippen LogP contribution is 2.36. The predicted molar refractivity (Wildman–Crippen MR) is 118 cm³/mol. The van der Waals surface area contributed by atoms with Gasteiger partial charge in [0.25, 0.3) is 0 Å². The molecular formula is C22H16F9N5O3. The Balaban J connectivity index is 2.26. The van der Waals surface area contributed by atoms with Gasteiger partial charge in [-0.25, -0.2) is 15.0 Å². The minimum absolute atomic E-state index is 0.213. The fourth-order valence-corrected chi connectivity index (χ4v) is 2.95. The number of nitrogens with zero attached hydrogens (tertiary/aromatic N) is 1. The van der Waals surface area contributed by atoms with Gasteiger partial charge in [-0.2, -0.15) is 44.6 Å². The summed E-state index contributed by atoms with van der Waals surface area (Å²) in [4.78, 5) is 33.8. The minimum Gasteiger partial charge on any atom is -0.351 e. The van der Waals surface area contributed by atoms with Gasteiger partial charge in [-0.1, -0.05) is 24.3 Å². The van der Waals surface area contributed by atoms with Crippen molar-refractivity contribution in [3.63, 3.8) is 0 Å². The highest BCUT2D eigenvalue weighted by molar-refractivity contribution is 5.93. The van der Waals surface area contributed by atoms with E-state index in [-0.39, 0.29) is 11.6 Å². The summed E-state index contributed by atoms with van der Waals surface area (Å²) in [5, 5.41) is 6.25. The van der Waals surface area contributed by atoms with Gasteiger partial charge in [0.15, 0.2) is 6.04 Å². The molecule has 2 aromatic rings. The highest BCUT2D eigenvalue weighted by atomic mass is 19.4. The van der Waals surface area contributed by atoms with Crippen molar-refractivity contribution in [2.75, 3.05) is 0 Å². The third-order valence-corrected chi connectivity index (χ3v) is 4.58. The van der Waals surface area contributed by atoms with Gasteiger partial charge in [-0.15, -0.1) is 0 Å². The van der Waals surface area contributed by atoms with Crippen LogP contribution in [0.2, 0.25) is 0 Å². The number of urea groups is 2. The molecule has 0 aliphatic rings. The van der Waals surface area contributed by atoms with Crippen LogP contribution in [-0.2, 0) is 17.1 Å². The number of amides is 5. The van der Waals surface area contributed by atoms with E-state index in [0.29, 0.717) is 24.4 Å². The number of nitrogens with one attached hydrogen (secondary N) is 3. The molecule has 0 bridgehead atoms. The van der Waals surface area contributed by atoms with Gasteiger partial charge in [0, 0.05) is 11.6 Å². The lowest BCUT2D eigenvalue weighted by Crippen LogP contribution is -2.40. The lowest BCUT2D eigenvalue weighted by Gasteiger charge is -2.22. The zero-order chi connectivity index (χ0) is 29.6. The Morgan fingerprint density at radius 3 is 2.13 bits per heavy atom. The molecule has 0 saturated carbocycles. The number of rotatable bonds is 6. The topological polar surface area (TPSA) is 126 Å². The summed E-state index contributed by atoms with van der Waals surface area (Å²) in [7, 11) is 0. The summed E-state index contributed by atoms with van der Waals surface area (Å²) in [6.45, 7) is 0. The van der Waals surface area contributed by atoms with Gasteiger partial charge in [0.1, 0.15) is 0 Å². The van der Waals surface area contributed by atoms with Crippen LogP contribution in [0, 0.1) is 0 Å². The van der Waals surface area contributed by atoms with Crippen LogP contribution < -0.4 is 21.8 Å². The predicted octanol–water partition coefficient (Wildman–Crippen LogP) is 4.87. The number of imide groups is 1. The second-order valence-electron chi connectivity index (χ2n) is 7.47. The summed E-state index contributed by atoms with van der Waals surface area (Å²) in [6, 6.07) is -0.737. The second kappa shape index (κ2) is 11.9. The molecule has 0 heterocycles. The normalized spacial score (nSPS) is 13.4. The molecule has 5 amide bonds. The molecule has 210 valence electrons. The zero-order valence-electron chi connectivity index (χ0n) is 19.0. The molecule has 0 spiro atoms. The molecule has 1 atom stereocenters. The number of primary amides is 1. The third-order valence-electron chi connectivity index (χ3n) is 4.58. The van der Waals surface area contributed by atoms with E-state index in [1.807, 2.05) is 0 Å². The van der Waals surface area contributed by atoms with Gasteiger partial charge < -0.3 is 11.1 Å². The van der Waals surface area contributed by atoms with Crippen LogP contribution in [0.3, 0.4) is 0 Å². The Bertz CT molecular complexity index is 1290. The molecule has 0 aliphatic carbocycles. The average molecular weight is 569 g/mol. The van der Waals surface area contributed by atoms with Gasteiger partial charge in [-0.05, 0) is 35.4 Å². The Morgan fingerprint density at radius 1 is 0.897 bits per heavy atom. The first-order chi connectivity index (χ1) is 17.9. The van der Waals surface area contributed by atoms with E-state index in [9.17, 15) is 53.9 Å². The quantitative estimate of drug-likeness (QED) is 0.172. The standard InChI is InChI=1S/C22H16F9N5O3/c23-20(24,25)14-3-1-2-12(9-14)17(22(29,30)31)34-16(37)7-5-11-4-6-13(15(8-11)21(26,27)28)10-33-36-19(39)35-18(32)38/h1-10,17H,(H,34,37)(H4,32,35,36,38,39)/b7-5+,33-10+. The smallest absolute Gasteiger partial charge is 0.351 e. The Morgan fingerprint density at radius 2 is 1.56 bits per heavy atom. The van der Waals surface area contributed by atoms with Crippen LogP contribution in [0.1, 0.15) is 33.9 Å². The summed E-state index contributed by atoms with van der Waals surface area (Å²) < 4.78 is 120. The van der Waals surface area contributed by atoms with Crippen LogP contribution in [0.25, 0.3) is 6.08 Å². The van der Waals surface area contributed by atoms with Crippen molar-refractivity contribution in [2.24, 2.45) is 10.8 Å². The van der Waals surface area contributed by atoms with E-state index in [2.05, 4.69) is 10.8 Å². The number of hydrogen-bond acceptors (Lipinski definition) is 4. The van der Waals surface area contributed by atoms with E-state index in [4.69, 9.17) is 0 Å². The van der Waals surface area contributed by atoms with Crippen molar-refractivity contribution in [1.82, 2.24) is 16.1 Å². The second-order valence-corrected chi connectivity index (χ2v) is 7.47. The van der Waals surface area contributed by atoms with Crippen molar-refractivity contribution in [1.29, 1.82) is 0 Å². The van der Waals surface area contributed by atoms with E-state index in [0.717, 1.165) is 30.3 Å². The van der Waals surface area contributed by atoms with Crippen molar-refractivity contribution >= 4 is 30.3 Å². The van der Waals surface area contributed by atoms with Gasteiger partial charge in [0.05, 0.1) is 17.3 Å². The molecule has 1 unspecified atom stereocenters. The van der Waals surface area contributed by atoms with Crippen LogP contribution >= 0.6 is 0 Å². The molecular weight excluding hydrogens is 553 g/mol. The Hall–Kier alpha value is -4.57. The Kier molecular flexibility index (Phi) is 9.33. The molecule has 17 heteroatoms. The molecule has 5 N–H and O–H groups in total. The molecule has 0 aliphatic heterocycles. The highest BCUT2D eigenvalue weighted by Gasteiger charge is 2.42. The van der Waals surface area contributed by atoms with Crippen molar-refractivity contribution < 1.29 is 53.9 Å². The zero-order valence-corrected chi connectivity index (χ0v) is 19.0. The average Bonchev–Trinajstić information content (AvgIpc) is 2.79. The maximum absolute atomic E-state index is 13.5. The van der Waals surface area contributed by atoms with E-state index >= 15 is 0 Å². The summed E-state index contributed by atoms with van der Waals surface area (Å²) >= 11 is 0. The minimum atomic E-state index is -5.21. The molecule has 0 fully saturated rings. The van der Waals surface area contributed by atoms with Crippen LogP contribution in [0.4, 0.5) is 49.1 Å². The van der Waals surface area contributed by atoms with Crippen molar-refractivity contribution in [3.8, 4) is 0 Å². The summed E-state index contributed by atoms with van der Waals surface area (Å²) in [5.74, 6) is -1.46. The molecule has 0 radical (unpaired) electrons. The van der Waals surface area contributed by atoms with Crippen LogP contribution in [0.5, 0.6) is 0 Å². The van der Waals surface area contributed by atoms with Gasteiger partial charge >= 0.3 is 30.6 Å². The van der Waals surface area contributed by atoms with Crippen LogP contribution in [-0.4, -0.2) is 30.4 Å².